The molecule has 0 saturated heterocycles. The maximum atomic E-state index is 12.7. The Morgan fingerprint density at radius 2 is 1.77 bits per heavy atom. The molecule has 0 aromatic heterocycles. The van der Waals surface area contributed by atoms with Crippen molar-refractivity contribution in [3.05, 3.63) is 60.2 Å². The van der Waals surface area contributed by atoms with Crippen LogP contribution in [-0.2, 0) is 19.1 Å². The van der Waals surface area contributed by atoms with E-state index < -0.39 is 24.4 Å². The Hall–Kier alpha value is -3.35. The van der Waals surface area contributed by atoms with Gasteiger partial charge in [0.25, 0.3) is 5.91 Å². The summed E-state index contributed by atoms with van der Waals surface area (Å²) in [7, 11) is 3.03. The molecule has 0 fully saturated rings. The molecule has 2 aromatic rings. The molecule has 1 N–H and O–H groups in total. The summed E-state index contributed by atoms with van der Waals surface area (Å²) in [4.78, 5) is 38.6. The minimum atomic E-state index is -0.454. The number of hydrogen-bond donors (Lipinski definition) is 1. The number of rotatable bonds is 10. The van der Waals surface area contributed by atoms with Crippen molar-refractivity contribution in [2.24, 2.45) is 5.92 Å². The number of nitrogens with zero attached hydrogens (tertiary/aromatic N) is 1. The molecule has 0 radical (unpaired) electrons. The molecule has 166 valence electrons. The number of amides is 2. The number of likely N-dealkylation sites (N-methyl/N-ethyl adjacent to an activating group) is 1. The van der Waals surface area contributed by atoms with Gasteiger partial charge in [-0.05, 0) is 23.6 Å². The monoisotopic (exact) mass is 426 g/mol. The molecule has 2 rings (SSSR count). The first-order valence-corrected chi connectivity index (χ1v) is 10.2. The van der Waals surface area contributed by atoms with Gasteiger partial charge in [-0.1, -0.05) is 56.7 Å². The number of benzene rings is 2. The quantitative estimate of drug-likeness (QED) is 0.588. The van der Waals surface area contributed by atoms with Crippen LogP contribution in [0.5, 0.6) is 5.75 Å². The lowest BCUT2D eigenvalue weighted by Gasteiger charge is -2.23. The molecular formula is C24H30N2O5. The van der Waals surface area contributed by atoms with Gasteiger partial charge < -0.3 is 19.7 Å². The fraction of sp³-hybridized carbons (Fsp3) is 0.375. The largest absolute Gasteiger partial charge is 0.497 e. The van der Waals surface area contributed by atoms with Crippen LogP contribution < -0.4 is 10.1 Å². The van der Waals surface area contributed by atoms with Crippen molar-refractivity contribution in [1.82, 2.24) is 4.90 Å². The van der Waals surface area contributed by atoms with E-state index in [0.29, 0.717) is 11.4 Å². The van der Waals surface area contributed by atoms with Gasteiger partial charge in [0.2, 0.25) is 5.91 Å². The third-order valence-electron chi connectivity index (χ3n) is 5.12. The molecule has 0 spiro atoms. The van der Waals surface area contributed by atoms with E-state index in [2.05, 4.69) is 5.32 Å². The summed E-state index contributed by atoms with van der Waals surface area (Å²) in [5.41, 5.74) is 1.43. The van der Waals surface area contributed by atoms with E-state index in [9.17, 15) is 14.4 Å². The van der Waals surface area contributed by atoms with Crippen LogP contribution in [0.1, 0.15) is 31.7 Å². The molecule has 0 aliphatic carbocycles. The Morgan fingerprint density at radius 3 is 2.42 bits per heavy atom. The fourth-order valence-corrected chi connectivity index (χ4v) is 3.13. The number of methoxy groups -OCH3 is 1. The predicted octanol–water partition coefficient (Wildman–Crippen LogP) is 3.47. The van der Waals surface area contributed by atoms with Crippen LogP contribution in [0.25, 0.3) is 0 Å². The molecular weight excluding hydrogens is 396 g/mol. The topological polar surface area (TPSA) is 84.9 Å². The van der Waals surface area contributed by atoms with E-state index in [4.69, 9.17) is 9.47 Å². The second kappa shape index (κ2) is 11.7. The highest BCUT2D eigenvalue weighted by Gasteiger charge is 2.28. The van der Waals surface area contributed by atoms with Crippen LogP contribution in [0.3, 0.4) is 0 Å². The van der Waals surface area contributed by atoms with Crippen molar-refractivity contribution < 1.29 is 23.9 Å². The van der Waals surface area contributed by atoms with Crippen LogP contribution >= 0.6 is 0 Å². The molecule has 0 bridgehead atoms. The first-order chi connectivity index (χ1) is 14.8. The SMILES string of the molecule is CC[C@@H](C)[C@H](C(=O)OCC(=O)N(C)CC(=O)Nc1cccc(OC)c1)c1ccccc1. The highest BCUT2D eigenvalue weighted by molar-refractivity contribution is 5.95. The van der Waals surface area contributed by atoms with E-state index in [-0.39, 0.29) is 18.4 Å². The maximum Gasteiger partial charge on any atom is 0.314 e. The molecule has 0 aliphatic heterocycles. The highest BCUT2D eigenvalue weighted by Crippen LogP contribution is 2.28. The predicted molar refractivity (Wildman–Crippen MR) is 119 cm³/mol. The van der Waals surface area contributed by atoms with Gasteiger partial charge in [-0.3, -0.25) is 14.4 Å². The first-order valence-electron chi connectivity index (χ1n) is 10.2. The lowest BCUT2D eigenvalue weighted by molar-refractivity contribution is -0.154. The number of anilines is 1. The van der Waals surface area contributed by atoms with Gasteiger partial charge in [-0.25, -0.2) is 0 Å². The number of esters is 1. The zero-order chi connectivity index (χ0) is 22.8. The summed E-state index contributed by atoms with van der Waals surface area (Å²) in [5, 5.41) is 2.71. The number of ether oxygens (including phenoxy) is 2. The number of hydrogen-bond acceptors (Lipinski definition) is 5. The highest BCUT2D eigenvalue weighted by atomic mass is 16.5. The van der Waals surface area contributed by atoms with Crippen LogP contribution in [0.2, 0.25) is 0 Å². The van der Waals surface area contributed by atoms with Gasteiger partial charge in [-0.15, -0.1) is 0 Å². The molecule has 7 heteroatoms. The molecule has 2 aromatic carbocycles. The zero-order valence-electron chi connectivity index (χ0n) is 18.5. The Morgan fingerprint density at radius 1 is 1.06 bits per heavy atom. The minimum absolute atomic E-state index is 0.0661. The van der Waals surface area contributed by atoms with Crippen molar-refractivity contribution >= 4 is 23.5 Å². The summed E-state index contributed by atoms with van der Waals surface area (Å²) < 4.78 is 10.4. The Bertz CT molecular complexity index is 885. The van der Waals surface area contributed by atoms with E-state index in [1.54, 1.807) is 24.3 Å². The van der Waals surface area contributed by atoms with E-state index in [1.165, 1.54) is 19.1 Å². The average Bonchev–Trinajstić information content (AvgIpc) is 2.78. The average molecular weight is 427 g/mol. The van der Waals surface area contributed by atoms with Gasteiger partial charge in [0, 0.05) is 18.8 Å². The number of nitrogens with one attached hydrogen (secondary N) is 1. The lowest BCUT2D eigenvalue weighted by atomic mass is 9.86. The second-order valence-electron chi connectivity index (χ2n) is 7.41. The van der Waals surface area contributed by atoms with Gasteiger partial charge >= 0.3 is 5.97 Å². The maximum absolute atomic E-state index is 12.7. The summed E-state index contributed by atoms with van der Waals surface area (Å²) >= 11 is 0. The smallest absolute Gasteiger partial charge is 0.314 e. The van der Waals surface area contributed by atoms with Crippen LogP contribution in [0.4, 0.5) is 5.69 Å². The minimum Gasteiger partial charge on any atom is -0.497 e. The first kappa shape index (κ1) is 23.9. The molecule has 0 unspecified atom stereocenters. The molecule has 7 nitrogen and oxygen atoms in total. The van der Waals surface area contributed by atoms with Crippen LogP contribution in [0.15, 0.2) is 54.6 Å². The van der Waals surface area contributed by atoms with Crippen LogP contribution in [-0.4, -0.2) is 50.0 Å². The molecule has 0 aliphatic rings. The number of carbonyl (C=O) groups is 3. The molecule has 0 heterocycles. The third kappa shape index (κ3) is 7.13. The summed E-state index contributed by atoms with van der Waals surface area (Å²) in [5.74, 6) is -1.02. The Balaban J connectivity index is 1.89. The van der Waals surface area contributed by atoms with Gasteiger partial charge in [0.15, 0.2) is 6.61 Å². The van der Waals surface area contributed by atoms with Gasteiger partial charge in [0.1, 0.15) is 5.75 Å². The molecule has 2 amide bonds. The van der Waals surface area contributed by atoms with Gasteiger partial charge in [-0.2, -0.15) is 0 Å². The molecule has 2 atom stereocenters. The van der Waals surface area contributed by atoms with Crippen molar-refractivity contribution in [3.8, 4) is 5.75 Å². The van der Waals surface area contributed by atoms with Crippen LogP contribution in [0, 0.1) is 5.92 Å². The van der Waals surface area contributed by atoms with Crippen molar-refractivity contribution in [2.45, 2.75) is 26.2 Å². The second-order valence-corrected chi connectivity index (χ2v) is 7.41. The standard InChI is InChI=1S/C24H30N2O5/c1-5-17(2)23(18-10-7-6-8-11-18)24(29)31-16-22(28)26(3)15-21(27)25-19-12-9-13-20(14-19)30-4/h6-14,17,23H,5,15-16H2,1-4H3,(H,25,27)/t17-,23+/m1/s1. The summed E-state index contributed by atoms with van der Waals surface area (Å²) in [6, 6.07) is 16.3. The number of carbonyl (C=O) groups excluding carboxylic acids is 3. The Kier molecular flexibility index (Phi) is 9.06. The summed E-state index contributed by atoms with van der Waals surface area (Å²) in [6.07, 6.45) is 0.799. The normalized spacial score (nSPS) is 12.4. The molecule has 31 heavy (non-hydrogen) atoms. The third-order valence-corrected chi connectivity index (χ3v) is 5.12. The van der Waals surface area contributed by atoms with Gasteiger partial charge in [0.05, 0.1) is 19.6 Å². The Labute approximate surface area is 183 Å². The van der Waals surface area contributed by atoms with Crippen molar-refractivity contribution in [2.75, 3.05) is 32.6 Å². The van der Waals surface area contributed by atoms with E-state index >= 15 is 0 Å². The zero-order valence-corrected chi connectivity index (χ0v) is 18.5. The van der Waals surface area contributed by atoms with E-state index in [1.807, 2.05) is 44.2 Å². The van der Waals surface area contributed by atoms with Crippen molar-refractivity contribution in [1.29, 1.82) is 0 Å². The van der Waals surface area contributed by atoms with E-state index in [0.717, 1.165) is 12.0 Å². The fourth-order valence-electron chi connectivity index (χ4n) is 3.13. The summed E-state index contributed by atoms with van der Waals surface area (Å²) in [6.45, 7) is 3.41. The van der Waals surface area contributed by atoms with Crippen molar-refractivity contribution in [3.63, 3.8) is 0 Å². The molecule has 0 saturated carbocycles. The lowest BCUT2D eigenvalue weighted by Crippen LogP contribution is -2.38.